The first-order chi connectivity index (χ1) is 18.2. The molecule has 0 saturated carbocycles. The molecule has 3 N–H and O–H groups in total. The summed E-state index contributed by atoms with van der Waals surface area (Å²) in [5.74, 6) is -1.52. The molecule has 4 rings (SSSR count). The topological polar surface area (TPSA) is 98.7 Å². The van der Waals surface area contributed by atoms with E-state index in [-0.39, 0.29) is 24.8 Å². The number of nitrogens with zero attached hydrogens (tertiary/aromatic N) is 1. The molecule has 3 aromatic rings. The highest BCUT2D eigenvalue weighted by atomic mass is 127. The van der Waals surface area contributed by atoms with Crippen LogP contribution in [0.1, 0.15) is 52.8 Å². The zero-order valence-electron chi connectivity index (χ0n) is 20.3. The molecule has 2 atom stereocenters. The van der Waals surface area contributed by atoms with E-state index < -0.39 is 18.1 Å². The van der Waals surface area contributed by atoms with Crippen LogP contribution >= 0.6 is 45.8 Å². The molecule has 1 heterocycles. The number of unbranched alkanes of at least 4 members (excludes halogenated alkanes) is 1. The van der Waals surface area contributed by atoms with E-state index in [1.807, 2.05) is 30.3 Å². The van der Waals surface area contributed by atoms with Gasteiger partial charge in [0.05, 0.1) is 11.6 Å². The molecule has 198 valence electrons. The summed E-state index contributed by atoms with van der Waals surface area (Å²) in [4.78, 5) is 40.5. The fraction of sp³-hybridized carbons (Fsp3) is 0.250. The number of carboxylic acids is 1. The summed E-state index contributed by atoms with van der Waals surface area (Å²) in [5, 5.41) is 16.3. The standard InChI is InChI=1S/C28H26Cl2IN3O4/c29-19-8-4-17(5-9-19)24-16-33-23-13-12-21(31)15-22(23)28(38)34(24)26(18-6-10-20(30)11-7-18)27(37)32-14-2-1-3-25(35)36/h4-13,15,24,26,33H,1-3,14,16H2,(H,32,37)(H,35,36). The third kappa shape index (κ3) is 6.78. The van der Waals surface area contributed by atoms with Crippen molar-refractivity contribution in [3.05, 3.63) is 97.0 Å². The largest absolute Gasteiger partial charge is 0.481 e. The molecule has 0 saturated heterocycles. The van der Waals surface area contributed by atoms with Crippen molar-refractivity contribution in [2.45, 2.75) is 31.3 Å². The molecule has 2 unspecified atom stereocenters. The minimum atomic E-state index is -0.967. The first-order valence-corrected chi connectivity index (χ1v) is 13.9. The van der Waals surface area contributed by atoms with Crippen molar-refractivity contribution in [3.63, 3.8) is 0 Å². The minimum Gasteiger partial charge on any atom is -0.481 e. The Morgan fingerprint density at radius 3 is 2.34 bits per heavy atom. The van der Waals surface area contributed by atoms with Crippen LogP contribution in [0.5, 0.6) is 0 Å². The van der Waals surface area contributed by atoms with Gasteiger partial charge < -0.3 is 20.6 Å². The van der Waals surface area contributed by atoms with Crippen LogP contribution in [0.3, 0.4) is 0 Å². The number of aliphatic carboxylic acids is 1. The number of halogens is 3. The lowest BCUT2D eigenvalue weighted by atomic mass is 9.97. The quantitative estimate of drug-likeness (QED) is 0.184. The molecule has 2 amide bonds. The molecule has 0 fully saturated rings. The second-order valence-electron chi connectivity index (χ2n) is 8.95. The summed E-state index contributed by atoms with van der Waals surface area (Å²) in [7, 11) is 0. The molecule has 0 bridgehead atoms. The Morgan fingerprint density at radius 1 is 1.03 bits per heavy atom. The molecule has 0 aliphatic carbocycles. The van der Waals surface area contributed by atoms with Crippen LogP contribution in [0.15, 0.2) is 66.7 Å². The van der Waals surface area contributed by atoms with E-state index in [1.165, 1.54) is 0 Å². The molecule has 0 spiro atoms. The number of hydrogen-bond donors (Lipinski definition) is 3. The first-order valence-electron chi connectivity index (χ1n) is 12.1. The normalized spacial score (nSPS) is 15.7. The predicted molar refractivity (Wildman–Crippen MR) is 157 cm³/mol. The number of carbonyl (C=O) groups excluding carboxylic acids is 2. The molecule has 7 nitrogen and oxygen atoms in total. The third-order valence-corrected chi connectivity index (χ3v) is 7.53. The number of fused-ring (bicyclic) bond motifs is 1. The summed E-state index contributed by atoms with van der Waals surface area (Å²) in [6.07, 6.45) is 0.969. The Bertz CT molecular complexity index is 1320. The fourth-order valence-electron chi connectivity index (χ4n) is 4.49. The van der Waals surface area contributed by atoms with E-state index in [1.54, 1.807) is 41.3 Å². The third-order valence-electron chi connectivity index (χ3n) is 6.35. The smallest absolute Gasteiger partial charge is 0.303 e. The summed E-state index contributed by atoms with van der Waals surface area (Å²) in [5.41, 5.74) is 2.60. The van der Waals surface area contributed by atoms with Crippen LogP contribution in [-0.4, -0.2) is 40.9 Å². The molecule has 1 aliphatic heterocycles. The maximum atomic E-state index is 14.3. The van der Waals surface area contributed by atoms with Gasteiger partial charge in [0.1, 0.15) is 6.04 Å². The molecule has 0 aromatic heterocycles. The summed E-state index contributed by atoms with van der Waals surface area (Å²) in [6, 6.07) is 18.3. The average Bonchev–Trinajstić information content (AvgIpc) is 3.02. The molecule has 1 aliphatic rings. The minimum absolute atomic E-state index is 0.0286. The molecular weight excluding hydrogens is 640 g/mol. The van der Waals surface area contributed by atoms with Crippen LogP contribution in [0.4, 0.5) is 5.69 Å². The van der Waals surface area contributed by atoms with Gasteiger partial charge >= 0.3 is 5.97 Å². The van der Waals surface area contributed by atoms with Gasteiger partial charge in [0, 0.05) is 38.8 Å². The van der Waals surface area contributed by atoms with Gasteiger partial charge in [-0.05, 0) is 89.0 Å². The Labute approximate surface area is 244 Å². The van der Waals surface area contributed by atoms with Crippen LogP contribution in [0.2, 0.25) is 10.0 Å². The Kier molecular flexibility index (Phi) is 9.51. The van der Waals surface area contributed by atoms with E-state index >= 15 is 0 Å². The van der Waals surface area contributed by atoms with Crippen molar-refractivity contribution < 1.29 is 19.5 Å². The van der Waals surface area contributed by atoms with Gasteiger partial charge in [0.25, 0.3) is 5.91 Å². The SMILES string of the molecule is O=C(O)CCCCNC(=O)C(c1ccc(Cl)cc1)N1C(=O)c2cc(I)ccc2NCC1c1ccc(Cl)cc1. The van der Waals surface area contributed by atoms with E-state index in [4.69, 9.17) is 28.3 Å². The second kappa shape index (κ2) is 12.8. The maximum Gasteiger partial charge on any atom is 0.303 e. The Balaban J connectivity index is 1.77. The van der Waals surface area contributed by atoms with E-state index in [0.717, 1.165) is 9.13 Å². The molecule has 0 radical (unpaired) electrons. The number of carbonyl (C=O) groups is 3. The summed E-state index contributed by atoms with van der Waals surface area (Å²) in [6.45, 7) is 0.660. The number of hydrogen-bond acceptors (Lipinski definition) is 4. The monoisotopic (exact) mass is 665 g/mol. The van der Waals surface area contributed by atoms with Crippen molar-refractivity contribution in [1.82, 2.24) is 10.2 Å². The van der Waals surface area contributed by atoms with Crippen molar-refractivity contribution in [1.29, 1.82) is 0 Å². The molecule has 38 heavy (non-hydrogen) atoms. The highest BCUT2D eigenvalue weighted by molar-refractivity contribution is 14.1. The van der Waals surface area contributed by atoms with Crippen LogP contribution in [-0.2, 0) is 9.59 Å². The summed E-state index contributed by atoms with van der Waals surface area (Å²) >= 11 is 14.5. The number of carboxylic acid groups (broad SMARTS) is 1. The van der Waals surface area contributed by atoms with Crippen molar-refractivity contribution >= 4 is 69.3 Å². The number of nitrogens with one attached hydrogen (secondary N) is 2. The van der Waals surface area contributed by atoms with Crippen molar-refractivity contribution in [3.8, 4) is 0 Å². The van der Waals surface area contributed by atoms with E-state index in [0.29, 0.717) is 46.2 Å². The zero-order valence-corrected chi connectivity index (χ0v) is 24.0. The lowest BCUT2D eigenvalue weighted by Gasteiger charge is -2.37. The highest BCUT2D eigenvalue weighted by Crippen LogP contribution is 2.38. The fourth-order valence-corrected chi connectivity index (χ4v) is 5.23. The molecular formula is C28H26Cl2IN3O4. The predicted octanol–water partition coefficient (Wildman–Crippen LogP) is 6.32. The van der Waals surface area contributed by atoms with Gasteiger partial charge in [-0.25, -0.2) is 0 Å². The van der Waals surface area contributed by atoms with E-state index in [9.17, 15) is 14.4 Å². The van der Waals surface area contributed by atoms with Crippen molar-refractivity contribution in [2.24, 2.45) is 0 Å². The lowest BCUT2D eigenvalue weighted by Crippen LogP contribution is -2.46. The number of anilines is 1. The van der Waals surface area contributed by atoms with Crippen LogP contribution < -0.4 is 10.6 Å². The zero-order chi connectivity index (χ0) is 27.2. The van der Waals surface area contributed by atoms with Gasteiger partial charge in [-0.2, -0.15) is 0 Å². The van der Waals surface area contributed by atoms with E-state index in [2.05, 4.69) is 33.2 Å². The average molecular weight is 666 g/mol. The van der Waals surface area contributed by atoms with Gasteiger partial charge in [-0.3, -0.25) is 14.4 Å². The Hall–Kier alpha value is -2.82. The number of rotatable bonds is 9. The maximum absolute atomic E-state index is 14.3. The van der Waals surface area contributed by atoms with Crippen LogP contribution in [0, 0.1) is 3.57 Å². The van der Waals surface area contributed by atoms with Gasteiger partial charge in [0.15, 0.2) is 0 Å². The molecule has 3 aromatic carbocycles. The second-order valence-corrected chi connectivity index (χ2v) is 11.1. The van der Waals surface area contributed by atoms with Gasteiger partial charge in [-0.1, -0.05) is 47.5 Å². The first kappa shape index (κ1) is 28.2. The number of benzene rings is 3. The summed E-state index contributed by atoms with van der Waals surface area (Å²) < 4.78 is 0.896. The van der Waals surface area contributed by atoms with Crippen LogP contribution in [0.25, 0.3) is 0 Å². The van der Waals surface area contributed by atoms with Gasteiger partial charge in [-0.15, -0.1) is 0 Å². The van der Waals surface area contributed by atoms with Crippen molar-refractivity contribution in [2.75, 3.05) is 18.4 Å². The lowest BCUT2D eigenvalue weighted by molar-refractivity contribution is -0.137. The highest BCUT2D eigenvalue weighted by Gasteiger charge is 2.40. The Morgan fingerprint density at radius 2 is 1.68 bits per heavy atom. The van der Waals surface area contributed by atoms with Gasteiger partial charge in [0.2, 0.25) is 5.91 Å². The number of amides is 2. The molecule has 10 heteroatoms.